The molecule has 2 rings (SSSR count). The molecule has 0 unspecified atom stereocenters. The van der Waals surface area contributed by atoms with Crippen LogP contribution in [0.1, 0.15) is 25.7 Å². The summed E-state index contributed by atoms with van der Waals surface area (Å²) in [5.74, 6) is 0. The first-order chi connectivity index (χ1) is 7.86. The fourth-order valence-corrected chi connectivity index (χ4v) is 1.41. The Morgan fingerprint density at radius 3 is 1.18 bits per heavy atom. The maximum absolute atomic E-state index is 5.14. The Balaban J connectivity index is 0.000000284. The van der Waals surface area contributed by atoms with E-state index in [1.807, 2.05) is 0 Å². The van der Waals surface area contributed by atoms with Gasteiger partial charge in [-0.2, -0.15) is 0 Å². The Morgan fingerprint density at radius 2 is 1.00 bits per heavy atom. The molecule has 0 amide bonds. The van der Waals surface area contributed by atoms with Crippen LogP contribution in [-0.4, -0.2) is 62.1 Å². The van der Waals surface area contributed by atoms with E-state index in [0.717, 1.165) is 52.1 Å². The maximum Gasteiger partial charge on any atom is 2.00 e. The van der Waals surface area contributed by atoms with Crippen molar-refractivity contribution in [3.8, 4) is 0 Å². The van der Waals surface area contributed by atoms with Crippen LogP contribution in [0.25, 0.3) is 0 Å². The second-order valence-electron chi connectivity index (χ2n) is 3.63. The SMILES string of the molecule is [CH2-]CC1OCCCO1.[CH2-]CC1OCCCO1.[Mg+2]. The average Bonchev–Trinajstić information content (AvgIpc) is 2.41. The van der Waals surface area contributed by atoms with Crippen LogP contribution in [0.4, 0.5) is 0 Å². The monoisotopic (exact) mass is 254 g/mol. The zero-order valence-electron chi connectivity index (χ0n) is 10.6. The summed E-state index contributed by atoms with van der Waals surface area (Å²) >= 11 is 0. The van der Waals surface area contributed by atoms with Crippen LogP contribution in [0.15, 0.2) is 0 Å². The fourth-order valence-electron chi connectivity index (χ4n) is 1.41. The van der Waals surface area contributed by atoms with Crippen molar-refractivity contribution in [2.24, 2.45) is 0 Å². The molecule has 2 aliphatic rings. The third kappa shape index (κ3) is 8.34. The summed E-state index contributed by atoms with van der Waals surface area (Å²) < 4.78 is 20.6. The van der Waals surface area contributed by atoms with Crippen LogP contribution in [0, 0.1) is 13.8 Å². The third-order valence-corrected chi connectivity index (χ3v) is 2.26. The van der Waals surface area contributed by atoms with Crippen molar-refractivity contribution in [1.82, 2.24) is 0 Å². The van der Waals surface area contributed by atoms with Gasteiger partial charge < -0.3 is 32.8 Å². The molecule has 96 valence electrons. The number of ether oxygens (including phenoxy) is 4. The van der Waals surface area contributed by atoms with Crippen molar-refractivity contribution in [3.63, 3.8) is 0 Å². The van der Waals surface area contributed by atoms with Gasteiger partial charge >= 0.3 is 23.1 Å². The molecular formula is C12H22MgO4. The van der Waals surface area contributed by atoms with E-state index in [-0.39, 0.29) is 35.6 Å². The number of hydrogen-bond acceptors (Lipinski definition) is 4. The molecule has 0 aliphatic carbocycles. The molecule has 5 heteroatoms. The van der Waals surface area contributed by atoms with Gasteiger partial charge in [0, 0.05) is 0 Å². The Labute approximate surface area is 120 Å². The fraction of sp³-hybridized carbons (Fsp3) is 0.833. The van der Waals surface area contributed by atoms with Gasteiger partial charge in [0.1, 0.15) is 12.6 Å². The molecule has 4 nitrogen and oxygen atoms in total. The van der Waals surface area contributed by atoms with Crippen molar-refractivity contribution in [2.75, 3.05) is 26.4 Å². The molecule has 0 aromatic heterocycles. The van der Waals surface area contributed by atoms with Crippen LogP contribution in [0.3, 0.4) is 0 Å². The topological polar surface area (TPSA) is 36.9 Å². The molecule has 2 aliphatic heterocycles. The molecule has 0 aromatic rings. The average molecular weight is 255 g/mol. The Kier molecular flexibility index (Phi) is 12.1. The summed E-state index contributed by atoms with van der Waals surface area (Å²) in [7, 11) is 0. The normalized spacial score (nSPS) is 22.2. The quantitative estimate of drug-likeness (QED) is 0.554. The van der Waals surface area contributed by atoms with Gasteiger partial charge in [0.15, 0.2) is 0 Å². The molecule has 0 aromatic carbocycles. The molecule has 0 radical (unpaired) electrons. The Morgan fingerprint density at radius 1 is 0.706 bits per heavy atom. The van der Waals surface area contributed by atoms with Gasteiger partial charge in [0.25, 0.3) is 0 Å². The predicted molar refractivity (Wildman–Crippen MR) is 66.3 cm³/mol. The molecular weight excluding hydrogens is 232 g/mol. The van der Waals surface area contributed by atoms with Crippen LogP contribution < -0.4 is 0 Å². The van der Waals surface area contributed by atoms with Gasteiger partial charge in [-0.1, -0.05) is 0 Å². The molecule has 0 atom stereocenters. The predicted octanol–water partition coefficient (Wildman–Crippen LogP) is 1.57. The first-order valence-electron chi connectivity index (χ1n) is 5.91. The summed E-state index contributed by atoms with van der Waals surface area (Å²) in [5, 5.41) is 0. The molecule has 0 bridgehead atoms. The van der Waals surface area contributed by atoms with Gasteiger partial charge in [0.05, 0.1) is 26.4 Å². The van der Waals surface area contributed by atoms with Crippen molar-refractivity contribution in [1.29, 1.82) is 0 Å². The van der Waals surface area contributed by atoms with E-state index in [2.05, 4.69) is 13.8 Å². The minimum absolute atomic E-state index is 0. The molecule has 2 fully saturated rings. The van der Waals surface area contributed by atoms with Crippen LogP contribution in [0.2, 0.25) is 0 Å². The number of rotatable bonds is 2. The Bertz CT molecular complexity index is 139. The van der Waals surface area contributed by atoms with E-state index in [4.69, 9.17) is 18.9 Å². The largest absolute Gasteiger partial charge is 2.00 e. The zero-order chi connectivity index (χ0) is 11.6. The summed E-state index contributed by atoms with van der Waals surface area (Å²) in [6.45, 7) is 10.7. The van der Waals surface area contributed by atoms with Crippen LogP contribution >= 0.6 is 0 Å². The minimum Gasteiger partial charge on any atom is -0.355 e. The van der Waals surface area contributed by atoms with Crippen LogP contribution in [-0.2, 0) is 18.9 Å². The second-order valence-corrected chi connectivity index (χ2v) is 3.63. The van der Waals surface area contributed by atoms with Crippen molar-refractivity contribution >= 4 is 23.1 Å². The van der Waals surface area contributed by atoms with E-state index in [9.17, 15) is 0 Å². The van der Waals surface area contributed by atoms with E-state index in [0.29, 0.717) is 0 Å². The standard InChI is InChI=1S/2C6H11O2.Mg/c2*1-2-6-7-4-3-5-8-6;/h2*6H,1-5H2;/q2*-1;+2. The zero-order valence-corrected chi connectivity index (χ0v) is 12.0. The molecule has 0 spiro atoms. The molecule has 2 saturated heterocycles. The second kappa shape index (κ2) is 11.7. The third-order valence-electron chi connectivity index (χ3n) is 2.26. The van der Waals surface area contributed by atoms with Gasteiger partial charge in [-0.25, -0.2) is 0 Å². The van der Waals surface area contributed by atoms with Crippen molar-refractivity contribution in [3.05, 3.63) is 13.8 Å². The number of hydrogen-bond donors (Lipinski definition) is 0. The summed E-state index contributed by atoms with van der Waals surface area (Å²) in [6, 6.07) is 0. The minimum atomic E-state index is -0.0243. The van der Waals surface area contributed by atoms with E-state index >= 15 is 0 Å². The van der Waals surface area contributed by atoms with E-state index in [1.54, 1.807) is 0 Å². The first-order valence-corrected chi connectivity index (χ1v) is 5.91. The molecule has 2 heterocycles. The van der Waals surface area contributed by atoms with E-state index in [1.165, 1.54) is 0 Å². The molecule has 17 heavy (non-hydrogen) atoms. The smallest absolute Gasteiger partial charge is 0.355 e. The van der Waals surface area contributed by atoms with Gasteiger partial charge in [-0.15, -0.1) is 12.8 Å². The van der Waals surface area contributed by atoms with Gasteiger partial charge in [-0.3, -0.25) is 0 Å². The van der Waals surface area contributed by atoms with Gasteiger partial charge in [-0.05, 0) is 12.8 Å². The molecule has 0 N–H and O–H groups in total. The van der Waals surface area contributed by atoms with Crippen LogP contribution in [0.5, 0.6) is 0 Å². The summed E-state index contributed by atoms with van der Waals surface area (Å²) in [6.07, 6.45) is 3.44. The van der Waals surface area contributed by atoms with E-state index < -0.39 is 0 Å². The summed E-state index contributed by atoms with van der Waals surface area (Å²) in [4.78, 5) is 0. The summed E-state index contributed by atoms with van der Waals surface area (Å²) in [5.41, 5.74) is 0. The van der Waals surface area contributed by atoms with Crippen molar-refractivity contribution in [2.45, 2.75) is 38.3 Å². The first kappa shape index (κ1) is 17.6. The van der Waals surface area contributed by atoms with Gasteiger partial charge in [0.2, 0.25) is 0 Å². The maximum atomic E-state index is 5.14. The van der Waals surface area contributed by atoms with Crippen molar-refractivity contribution < 1.29 is 18.9 Å². The molecule has 0 saturated carbocycles. The Hall–Kier alpha value is 0.606.